The molecule has 0 saturated carbocycles. The molecule has 0 aliphatic rings. The number of hydrogen-bond acceptors (Lipinski definition) is 2. The third-order valence-corrected chi connectivity index (χ3v) is 1.96. The molecule has 0 bridgehead atoms. The first-order valence-electron chi connectivity index (χ1n) is 4.25. The number of rotatable bonds is 3. The van der Waals surface area contributed by atoms with Gasteiger partial charge in [-0.05, 0) is 17.5 Å². The van der Waals surface area contributed by atoms with Crippen molar-refractivity contribution in [3.63, 3.8) is 0 Å². The normalized spacial score (nSPS) is 10.8. The van der Waals surface area contributed by atoms with E-state index >= 15 is 0 Å². The van der Waals surface area contributed by atoms with Gasteiger partial charge in [-0.2, -0.15) is 0 Å². The van der Waals surface area contributed by atoms with Crippen molar-refractivity contribution in [3.05, 3.63) is 36.0 Å². The Hall–Kier alpha value is -1.32. The molecule has 0 spiro atoms. The van der Waals surface area contributed by atoms with Gasteiger partial charge in [0.25, 0.3) is 0 Å². The summed E-state index contributed by atoms with van der Waals surface area (Å²) in [7, 11) is 1.75. The summed E-state index contributed by atoms with van der Waals surface area (Å²) in [5, 5.41) is 1.22. The lowest BCUT2D eigenvalue weighted by Crippen LogP contribution is -2.06. The van der Waals surface area contributed by atoms with Crippen molar-refractivity contribution in [3.8, 4) is 0 Å². The first-order valence-corrected chi connectivity index (χ1v) is 4.25. The van der Waals surface area contributed by atoms with Crippen molar-refractivity contribution in [2.45, 2.75) is 6.61 Å². The lowest BCUT2D eigenvalue weighted by Gasteiger charge is -1.96. The van der Waals surface area contributed by atoms with E-state index in [-0.39, 0.29) is 0 Å². The summed E-state index contributed by atoms with van der Waals surface area (Å²) in [6.45, 7) is 0.561. The smallest absolute Gasteiger partial charge is 0.108 e. The first kappa shape index (κ1) is 8.29. The maximum atomic E-state index is 5.07. The third-order valence-electron chi connectivity index (χ3n) is 1.96. The SMILES string of the molecule is CNOCc1cc2ccccc2[nH]1. The zero-order valence-corrected chi connectivity index (χ0v) is 7.50. The Kier molecular flexibility index (Phi) is 2.29. The molecule has 68 valence electrons. The van der Waals surface area contributed by atoms with E-state index in [1.165, 1.54) is 5.39 Å². The fourth-order valence-corrected chi connectivity index (χ4v) is 1.36. The molecular formula is C10H12N2O. The van der Waals surface area contributed by atoms with E-state index in [2.05, 4.69) is 28.7 Å². The Labute approximate surface area is 76.7 Å². The second-order valence-corrected chi connectivity index (χ2v) is 2.87. The Bertz CT molecular complexity index is 361. The van der Waals surface area contributed by atoms with Gasteiger partial charge in [0.2, 0.25) is 0 Å². The van der Waals surface area contributed by atoms with Gasteiger partial charge in [0.1, 0.15) is 6.61 Å². The van der Waals surface area contributed by atoms with Gasteiger partial charge in [-0.25, -0.2) is 5.48 Å². The van der Waals surface area contributed by atoms with Gasteiger partial charge in [-0.1, -0.05) is 18.2 Å². The second kappa shape index (κ2) is 3.60. The monoisotopic (exact) mass is 176 g/mol. The van der Waals surface area contributed by atoms with Crippen LogP contribution in [0.3, 0.4) is 0 Å². The molecule has 3 heteroatoms. The predicted octanol–water partition coefficient (Wildman–Crippen LogP) is 1.82. The minimum absolute atomic E-state index is 0.561. The highest BCUT2D eigenvalue weighted by Crippen LogP contribution is 2.14. The van der Waals surface area contributed by atoms with Crippen LogP contribution in [0.4, 0.5) is 0 Å². The van der Waals surface area contributed by atoms with Crippen LogP contribution in [0.1, 0.15) is 5.69 Å². The van der Waals surface area contributed by atoms with Crippen molar-refractivity contribution in [2.75, 3.05) is 7.05 Å². The zero-order chi connectivity index (χ0) is 9.10. The summed E-state index contributed by atoms with van der Waals surface area (Å²) in [5.41, 5.74) is 4.87. The minimum atomic E-state index is 0.561. The summed E-state index contributed by atoms with van der Waals surface area (Å²) in [6, 6.07) is 10.3. The molecule has 0 fully saturated rings. The molecule has 0 aliphatic heterocycles. The van der Waals surface area contributed by atoms with Crippen molar-refractivity contribution in [2.24, 2.45) is 0 Å². The second-order valence-electron chi connectivity index (χ2n) is 2.87. The Morgan fingerprint density at radius 1 is 1.38 bits per heavy atom. The van der Waals surface area contributed by atoms with E-state index in [9.17, 15) is 0 Å². The topological polar surface area (TPSA) is 37.0 Å². The molecule has 0 amide bonds. The van der Waals surface area contributed by atoms with Crippen LogP contribution < -0.4 is 5.48 Å². The molecule has 1 aromatic heterocycles. The van der Waals surface area contributed by atoms with Crippen LogP contribution >= 0.6 is 0 Å². The van der Waals surface area contributed by atoms with Crippen molar-refractivity contribution >= 4 is 10.9 Å². The zero-order valence-electron chi connectivity index (χ0n) is 7.50. The van der Waals surface area contributed by atoms with Crippen LogP contribution in [0, 0.1) is 0 Å². The number of para-hydroxylation sites is 1. The molecule has 0 saturated heterocycles. The van der Waals surface area contributed by atoms with Crippen LogP contribution in [-0.2, 0) is 11.4 Å². The van der Waals surface area contributed by atoms with Crippen LogP contribution in [0.2, 0.25) is 0 Å². The summed E-state index contributed by atoms with van der Waals surface area (Å²) in [4.78, 5) is 8.33. The predicted molar refractivity (Wildman–Crippen MR) is 52.1 cm³/mol. The molecule has 1 heterocycles. The lowest BCUT2D eigenvalue weighted by atomic mass is 10.2. The largest absolute Gasteiger partial charge is 0.356 e. The Morgan fingerprint density at radius 2 is 2.23 bits per heavy atom. The molecule has 13 heavy (non-hydrogen) atoms. The van der Waals surface area contributed by atoms with Crippen LogP contribution in [0.15, 0.2) is 30.3 Å². The minimum Gasteiger partial charge on any atom is -0.356 e. The number of hydrogen-bond donors (Lipinski definition) is 2. The number of hydroxylamine groups is 1. The van der Waals surface area contributed by atoms with Gasteiger partial charge in [0.05, 0.1) is 0 Å². The highest BCUT2D eigenvalue weighted by molar-refractivity contribution is 5.80. The maximum Gasteiger partial charge on any atom is 0.108 e. The average Bonchev–Trinajstić information content (AvgIpc) is 2.57. The lowest BCUT2D eigenvalue weighted by molar-refractivity contribution is 0.0428. The standard InChI is InChI=1S/C10H12N2O/c1-11-13-7-9-6-8-4-2-3-5-10(8)12-9/h2-6,11-12H,7H2,1H3. The maximum absolute atomic E-state index is 5.07. The van der Waals surface area contributed by atoms with E-state index < -0.39 is 0 Å². The third kappa shape index (κ3) is 1.71. The molecule has 0 aliphatic carbocycles. The van der Waals surface area contributed by atoms with Crippen LogP contribution in [0.5, 0.6) is 0 Å². The van der Waals surface area contributed by atoms with Gasteiger partial charge >= 0.3 is 0 Å². The number of fused-ring (bicyclic) bond motifs is 1. The molecule has 2 aromatic rings. The average molecular weight is 176 g/mol. The van der Waals surface area contributed by atoms with Crippen molar-refractivity contribution < 1.29 is 4.84 Å². The van der Waals surface area contributed by atoms with Gasteiger partial charge in [0, 0.05) is 18.3 Å². The summed E-state index contributed by atoms with van der Waals surface area (Å²) < 4.78 is 0. The summed E-state index contributed by atoms with van der Waals surface area (Å²) >= 11 is 0. The molecule has 0 unspecified atom stereocenters. The summed E-state index contributed by atoms with van der Waals surface area (Å²) in [5.74, 6) is 0. The molecule has 0 atom stereocenters. The highest BCUT2D eigenvalue weighted by atomic mass is 16.6. The fraction of sp³-hybridized carbons (Fsp3) is 0.200. The Balaban J connectivity index is 2.28. The fourth-order valence-electron chi connectivity index (χ4n) is 1.36. The van der Waals surface area contributed by atoms with E-state index in [4.69, 9.17) is 4.84 Å². The van der Waals surface area contributed by atoms with E-state index in [1.54, 1.807) is 7.05 Å². The molecule has 3 nitrogen and oxygen atoms in total. The molecule has 2 N–H and O–H groups in total. The number of H-pyrrole nitrogens is 1. The molecule has 1 aromatic carbocycles. The highest BCUT2D eigenvalue weighted by Gasteiger charge is 1.98. The van der Waals surface area contributed by atoms with Gasteiger partial charge < -0.3 is 4.98 Å². The summed E-state index contributed by atoms with van der Waals surface area (Å²) in [6.07, 6.45) is 0. The van der Waals surface area contributed by atoms with Crippen molar-refractivity contribution in [1.82, 2.24) is 10.5 Å². The number of aromatic amines is 1. The number of aromatic nitrogens is 1. The van der Waals surface area contributed by atoms with Crippen molar-refractivity contribution in [1.29, 1.82) is 0 Å². The van der Waals surface area contributed by atoms with Gasteiger partial charge in [-0.3, -0.25) is 4.84 Å². The van der Waals surface area contributed by atoms with Crippen LogP contribution in [0.25, 0.3) is 10.9 Å². The number of benzene rings is 1. The quantitative estimate of drug-likeness (QED) is 0.700. The molecule has 0 radical (unpaired) electrons. The van der Waals surface area contributed by atoms with Gasteiger partial charge in [-0.15, -0.1) is 0 Å². The van der Waals surface area contributed by atoms with E-state index in [0.29, 0.717) is 6.61 Å². The number of nitrogens with one attached hydrogen (secondary N) is 2. The first-order chi connectivity index (χ1) is 6.40. The van der Waals surface area contributed by atoms with E-state index in [0.717, 1.165) is 11.2 Å². The van der Waals surface area contributed by atoms with Gasteiger partial charge in [0.15, 0.2) is 0 Å². The van der Waals surface area contributed by atoms with E-state index in [1.807, 2.05) is 12.1 Å². The molecular weight excluding hydrogens is 164 g/mol. The Morgan fingerprint density at radius 3 is 3.00 bits per heavy atom. The van der Waals surface area contributed by atoms with Crippen LogP contribution in [-0.4, -0.2) is 12.0 Å². The molecule has 2 rings (SSSR count).